The summed E-state index contributed by atoms with van der Waals surface area (Å²) in [6.07, 6.45) is 4.68. The molecular weight excluding hydrogens is 230 g/mol. The molecule has 3 rings (SSSR count). The molecule has 0 atom stereocenters. The molecule has 1 aromatic carbocycles. The van der Waals surface area contributed by atoms with Crippen LogP contribution in [0.15, 0.2) is 28.8 Å². The lowest BCUT2D eigenvalue weighted by atomic mass is 9.90. The largest absolute Gasteiger partial charge is 0.476 e. The number of carbonyl (C=O) groups is 1. The highest BCUT2D eigenvalue weighted by molar-refractivity contribution is 5.86. The standard InChI is InChI=1S/C14H13NO3/c16-14(17)12-8-13(18-15-12)11-6-5-9-3-1-2-4-10(9)7-11/h5-8H,1-4H2,(H,16,17). The van der Waals surface area contributed by atoms with Crippen molar-refractivity contribution >= 4 is 5.97 Å². The lowest BCUT2D eigenvalue weighted by Gasteiger charge is -2.15. The zero-order valence-corrected chi connectivity index (χ0v) is 9.85. The highest BCUT2D eigenvalue weighted by Crippen LogP contribution is 2.27. The minimum absolute atomic E-state index is 0.0530. The van der Waals surface area contributed by atoms with Gasteiger partial charge in [-0.3, -0.25) is 0 Å². The van der Waals surface area contributed by atoms with Gasteiger partial charge in [0, 0.05) is 11.6 Å². The Labute approximate surface area is 104 Å². The van der Waals surface area contributed by atoms with Crippen LogP contribution in [0.2, 0.25) is 0 Å². The summed E-state index contributed by atoms with van der Waals surface area (Å²) < 4.78 is 5.07. The molecule has 0 amide bonds. The molecule has 4 heteroatoms. The van der Waals surface area contributed by atoms with Gasteiger partial charge in [0.1, 0.15) is 0 Å². The highest BCUT2D eigenvalue weighted by Gasteiger charge is 2.14. The van der Waals surface area contributed by atoms with E-state index in [1.54, 1.807) is 0 Å². The van der Waals surface area contributed by atoms with E-state index in [1.165, 1.54) is 30.0 Å². The number of aromatic nitrogens is 1. The second-order valence-electron chi connectivity index (χ2n) is 4.57. The van der Waals surface area contributed by atoms with E-state index >= 15 is 0 Å². The predicted molar refractivity (Wildman–Crippen MR) is 65.5 cm³/mol. The van der Waals surface area contributed by atoms with Crippen LogP contribution in [0, 0.1) is 0 Å². The van der Waals surface area contributed by atoms with Crippen LogP contribution in [0.3, 0.4) is 0 Å². The Kier molecular flexibility index (Phi) is 2.63. The fourth-order valence-corrected chi connectivity index (χ4v) is 2.40. The number of hydrogen-bond acceptors (Lipinski definition) is 3. The molecule has 1 aromatic heterocycles. The van der Waals surface area contributed by atoms with E-state index in [0.29, 0.717) is 5.76 Å². The van der Waals surface area contributed by atoms with Crippen LogP contribution < -0.4 is 0 Å². The summed E-state index contributed by atoms with van der Waals surface area (Å²) in [5, 5.41) is 12.3. The fraction of sp³-hybridized carbons (Fsp3) is 0.286. The summed E-state index contributed by atoms with van der Waals surface area (Å²) in [6, 6.07) is 7.62. The van der Waals surface area contributed by atoms with E-state index in [0.717, 1.165) is 18.4 Å². The first kappa shape index (κ1) is 11.0. The maximum absolute atomic E-state index is 10.8. The van der Waals surface area contributed by atoms with Crippen LogP contribution in [-0.4, -0.2) is 16.2 Å². The third-order valence-electron chi connectivity index (χ3n) is 3.36. The maximum Gasteiger partial charge on any atom is 0.358 e. The molecule has 0 aliphatic heterocycles. The Morgan fingerprint density at radius 1 is 1.17 bits per heavy atom. The molecule has 4 nitrogen and oxygen atoms in total. The monoisotopic (exact) mass is 243 g/mol. The van der Waals surface area contributed by atoms with Gasteiger partial charge in [-0.2, -0.15) is 0 Å². The van der Waals surface area contributed by atoms with Crippen molar-refractivity contribution in [3.63, 3.8) is 0 Å². The number of rotatable bonds is 2. The number of carboxylic acids is 1. The minimum Gasteiger partial charge on any atom is -0.476 e. The first-order valence-electron chi connectivity index (χ1n) is 6.06. The molecule has 0 radical (unpaired) electrons. The number of hydrogen-bond donors (Lipinski definition) is 1. The quantitative estimate of drug-likeness (QED) is 0.880. The van der Waals surface area contributed by atoms with Gasteiger partial charge < -0.3 is 9.63 Å². The second-order valence-corrected chi connectivity index (χ2v) is 4.57. The van der Waals surface area contributed by atoms with Crippen molar-refractivity contribution in [3.05, 3.63) is 41.1 Å². The number of aryl methyl sites for hydroxylation is 2. The first-order chi connectivity index (χ1) is 8.74. The smallest absolute Gasteiger partial charge is 0.358 e. The van der Waals surface area contributed by atoms with Crippen LogP contribution in [0.5, 0.6) is 0 Å². The van der Waals surface area contributed by atoms with Gasteiger partial charge in [0.2, 0.25) is 0 Å². The van der Waals surface area contributed by atoms with Gasteiger partial charge in [-0.05, 0) is 42.9 Å². The summed E-state index contributed by atoms with van der Waals surface area (Å²) in [4.78, 5) is 10.8. The molecular formula is C14H13NO3. The van der Waals surface area contributed by atoms with Gasteiger partial charge in [0.05, 0.1) is 0 Å². The topological polar surface area (TPSA) is 63.3 Å². The molecule has 0 saturated carbocycles. The van der Waals surface area contributed by atoms with Gasteiger partial charge in [0.15, 0.2) is 11.5 Å². The molecule has 18 heavy (non-hydrogen) atoms. The molecule has 0 spiro atoms. The van der Waals surface area contributed by atoms with E-state index in [2.05, 4.69) is 17.3 Å². The van der Waals surface area contributed by atoms with E-state index < -0.39 is 5.97 Å². The van der Waals surface area contributed by atoms with E-state index in [4.69, 9.17) is 9.63 Å². The molecule has 0 saturated heterocycles. The SMILES string of the molecule is O=C(O)c1cc(-c2ccc3c(c2)CCCC3)on1. The second kappa shape index (κ2) is 4.29. The third kappa shape index (κ3) is 1.90. The van der Waals surface area contributed by atoms with E-state index in [9.17, 15) is 4.79 Å². The molecule has 1 aliphatic rings. The van der Waals surface area contributed by atoms with Crippen LogP contribution in [0.25, 0.3) is 11.3 Å². The van der Waals surface area contributed by atoms with Gasteiger partial charge in [-0.25, -0.2) is 4.79 Å². The molecule has 2 aromatic rings. The maximum atomic E-state index is 10.8. The van der Waals surface area contributed by atoms with Gasteiger partial charge in [-0.15, -0.1) is 0 Å². The summed E-state index contributed by atoms with van der Waals surface area (Å²) >= 11 is 0. The summed E-state index contributed by atoms with van der Waals surface area (Å²) in [7, 11) is 0. The van der Waals surface area contributed by atoms with E-state index in [-0.39, 0.29) is 5.69 Å². The summed E-state index contributed by atoms with van der Waals surface area (Å²) in [5.74, 6) is -0.552. The molecule has 1 heterocycles. The van der Waals surface area contributed by atoms with Gasteiger partial charge in [-0.1, -0.05) is 17.3 Å². The Balaban J connectivity index is 1.98. The third-order valence-corrected chi connectivity index (χ3v) is 3.36. The Hall–Kier alpha value is -2.10. The lowest BCUT2D eigenvalue weighted by Crippen LogP contribution is -2.02. The number of fused-ring (bicyclic) bond motifs is 1. The summed E-state index contributed by atoms with van der Waals surface area (Å²) in [6.45, 7) is 0. The average Bonchev–Trinajstić information content (AvgIpc) is 2.88. The molecule has 1 aliphatic carbocycles. The van der Waals surface area contributed by atoms with Crippen molar-refractivity contribution in [2.24, 2.45) is 0 Å². The Bertz CT molecular complexity index is 601. The van der Waals surface area contributed by atoms with Crippen molar-refractivity contribution in [1.29, 1.82) is 0 Å². The zero-order chi connectivity index (χ0) is 12.5. The predicted octanol–water partition coefficient (Wildman–Crippen LogP) is 2.92. The number of benzene rings is 1. The lowest BCUT2D eigenvalue weighted by molar-refractivity contribution is 0.0686. The van der Waals surface area contributed by atoms with Crippen LogP contribution >= 0.6 is 0 Å². The number of aromatic carboxylic acids is 1. The van der Waals surface area contributed by atoms with Crippen LogP contribution in [0.4, 0.5) is 0 Å². The highest BCUT2D eigenvalue weighted by atomic mass is 16.5. The molecule has 0 bridgehead atoms. The summed E-state index contributed by atoms with van der Waals surface area (Å²) in [5.41, 5.74) is 3.58. The minimum atomic E-state index is -1.07. The number of carboxylic acid groups (broad SMARTS) is 1. The average molecular weight is 243 g/mol. The van der Waals surface area contributed by atoms with Crippen molar-refractivity contribution < 1.29 is 14.4 Å². The van der Waals surface area contributed by atoms with Gasteiger partial charge in [0.25, 0.3) is 0 Å². The molecule has 0 fully saturated rings. The van der Waals surface area contributed by atoms with Crippen LogP contribution in [-0.2, 0) is 12.8 Å². The Morgan fingerprint density at radius 2 is 1.94 bits per heavy atom. The first-order valence-corrected chi connectivity index (χ1v) is 6.06. The van der Waals surface area contributed by atoms with Crippen LogP contribution in [0.1, 0.15) is 34.5 Å². The fourth-order valence-electron chi connectivity index (χ4n) is 2.40. The van der Waals surface area contributed by atoms with Crippen molar-refractivity contribution in [2.75, 3.05) is 0 Å². The van der Waals surface area contributed by atoms with Crippen molar-refractivity contribution in [2.45, 2.75) is 25.7 Å². The zero-order valence-electron chi connectivity index (χ0n) is 9.85. The van der Waals surface area contributed by atoms with Crippen molar-refractivity contribution in [1.82, 2.24) is 5.16 Å². The normalized spacial score (nSPS) is 14.2. The Morgan fingerprint density at radius 3 is 2.67 bits per heavy atom. The molecule has 1 N–H and O–H groups in total. The number of nitrogens with zero attached hydrogens (tertiary/aromatic N) is 1. The van der Waals surface area contributed by atoms with Gasteiger partial charge >= 0.3 is 5.97 Å². The molecule has 0 unspecified atom stereocenters. The van der Waals surface area contributed by atoms with Crippen molar-refractivity contribution in [3.8, 4) is 11.3 Å². The molecule has 92 valence electrons. The van der Waals surface area contributed by atoms with E-state index in [1.807, 2.05) is 6.07 Å².